The molecule has 0 aromatic rings. The molecule has 82 valence electrons. The molecule has 0 spiro atoms. The number of ether oxygens (including phenoxy) is 1. The third kappa shape index (κ3) is 4.28. The van der Waals surface area contributed by atoms with Gasteiger partial charge in [-0.25, -0.2) is 0 Å². The van der Waals surface area contributed by atoms with E-state index in [0.29, 0.717) is 6.10 Å². The monoisotopic (exact) mass is 196 g/mol. The lowest BCUT2D eigenvalue weighted by molar-refractivity contribution is 0.0249. The Morgan fingerprint density at radius 3 is 2.50 bits per heavy atom. The summed E-state index contributed by atoms with van der Waals surface area (Å²) in [6.45, 7) is 5.08. The van der Waals surface area contributed by atoms with E-state index in [-0.39, 0.29) is 0 Å². The summed E-state index contributed by atoms with van der Waals surface area (Å²) in [7, 11) is 0. The van der Waals surface area contributed by atoms with Crippen LogP contribution in [0.3, 0.4) is 0 Å². The van der Waals surface area contributed by atoms with Gasteiger partial charge in [0, 0.05) is 6.61 Å². The standard InChI is InChI=1S/C13H24O/c1-3-5-6-7-12-8-10-13(11-9-12)14-4-2/h3,5,12-13H,4,6-11H2,1-2H3. The molecule has 0 N–H and O–H groups in total. The molecule has 1 saturated carbocycles. The fourth-order valence-electron chi connectivity index (χ4n) is 2.32. The molecule has 1 heteroatoms. The Balaban J connectivity index is 2.09. The van der Waals surface area contributed by atoms with Crippen LogP contribution in [0, 0.1) is 5.92 Å². The molecule has 1 aliphatic carbocycles. The lowest BCUT2D eigenvalue weighted by Gasteiger charge is -2.28. The van der Waals surface area contributed by atoms with E-state index in [1.807, 2.05) is 0 Å². The van der Waals surface area contributed by atoms with E-state index in [1.54, 1.807) is 0 Å². The molecular weight excluding hydrogens is 172 g/mol. The lowest BCUT2D eigenvalue weighted by atomic mass is 9.84. The quantitative estimate of drug-likeness (QED) is 0.605. The maximum Gasteiger partial charge on any atom is 0.0575 e. The highest BCUT2D eigenvalue weighted by molar-refractivity contribution is 4.80. The van der Waals surface area contributed by atoms with Gasteiger partial charge in [-0.15, -0.1) is 0 Å². The van der Waals surface area contributed by atoms with Crippen molar-refractivity contribution in [3.05, 3.63) is 12.2 Å². The first-order chi connectivity index (χ1) is 6.86. The van der Waals surface area contributed by atoms with E-state index in [0.717, 1.165) is 12.5 Å². The number of rotatable bonds is 5. The molecule has 0 heterocycles. The molecule has 1 fully saturated rings. The Morgan fingerprint density at radius 2 is 1.93 bits per heavy atom. The van der Waals surface area contributed by atoms with Crippen molar-refractivity contribution in [3.8, 4) is 0 Å². The Bertz CT molecular complexity index is 155. The van der Waals surface area contributed by atoms with Crippen molar-refractivity contribution < 1.29 is 4.74 Å². The summed E-state index contributed by atoms with van der Waals surface area (Å²) in [5.74, 6) is 0.961. The Labute approximate surface area is 88.5 Å². The van der Waals surface area contributed by atoms with Gasteiger partial charge in [0.2, 0.25) is 0 Å². The molecule has 1 nitrogen and oxygen atoms in total. The van der Waals surface area contributed by atoms with Gasteiger partial charge in [0.1, 0.15) is 0 Å². The van der Waals surface area contributed by atoms with Crippen LogP contribution < -0.4 is 0 Å². The van der Waals surface area contributed by atoms with Crippen LogP contribution in [0.4, 0.5) is 0 Å². The van der Waals surface area contributed by atoms with Gasteiger partial charge in [0.05, 0.1) is 6.10 Å². The topological polar surface area (TPSA) is 9.23 Å². The van der Waals surface area contributed by atoms with Crippen LogP contribution in [-0.4, -0.2) is 12.7 Å². The van der Waals surface area contributed by atoms with E-state index in [1.165, 1.54) is 38.5 Å². The number of hydrogen-bond donors (Lipinski definition) is 0. The molecule has 0 amide bonds. The van der Waals surface area contributed by atoms with Crippen molar-refractivity contribution in [1.29, 1.82) is 0 Å². The van der Waals surface area contributed by atoms with Gasteiger partial charge < -0.3 is 4.74 Å². The molecule has 0 unspecified atom stereocenters. The van der Waals surface area contributed by atoms with Crippen LogP contribution in [0.15, 0.2) is 12.2 Å². The van der Waals surface area contributed by atoms with Gasteiger partial charge in [0.25, 0.3) is 0 Å². The third-order valence-corrected chi connectivity index (χ3v) is 3.17. The zero-order chi connectivity index (χ0) is 10.2. The van der Waals surface area contributed by atoms with Gasteiger partial charge in [-0.1, -0.05) is 12.2 Å². The summed E-state index contributed by atoms with van der Waals surface area (Å²) in [6, 6.07) is 0. The van der Waals surface area contributed by atoms with Crippen LogP contribution in [-0.2, 0) is 4.74 Å². The minimum atomic E-state index is 0.568. The second-order valence-electron chi connectivity index (χ2n) is 4.24. The van der Waals surface area contributed by atoms with Gasteiger partial charge in [-0.2, -0.15) is 0 Å². The smallest absolute Gasteiger partial charge is 0.0575 e. The van der Waals surface area contributed by atoms with Gasteiger partial charge in [-0.3, -0.25) is 0 Å². The maximum absolute atomic E-state index is 5.64. The molecule has 14 heavy (non-hydrogen) atoms. The minimum Gasteiger partial charge on any atom is -0.379 e. The maximum atomic E-state index is 5.64. The molecule has 1 rings (SSSR count). The highest BCUT2D eigenvalue weighted by atomic mass is 16.5. The van der Waals surface area contributed by atoms with Crippen LogP contribution in [0.5, 0.6) is 0 Å². The lowest BCUT2D eigenvalue weighted by Crippen LogP contribution is -2.21. The highest BCUT2D eigenvalue weighted by Crippen LogP contribution is 2.29. The predicted molar refractivity (Wildman–Crippen MR) is 61.4 cm³/mol. The molecule has 0 aromatic heterocycles. The minimum absolute atomic E-state index is 0.568. The first-order valence-corrected chi connectivity index (χ1v) is 6.09. The highest BCUT2D eigenvalue weighted by Gasteiger charge is 2.20. The summed E-state index contributed by atoms with van der Waals surface area (Å²) in [5.41, 5.74) is 0. The fraction of sp³-hybridized carbons (Fsp3) is 0.846. The molecule has 0 radical (unpaired) electrons. The molecule has 0 aliphatic heterocycles. The van der Waals surface area contributed by atoms with E-state index >= 15 is 0 Å². The molecule has 0 saturated heterocycles. The van der Waals surface area contributed by atoms with Crippen molar-refractivity contribution >= 4 is 0 Å². The SMILES string of the molecule is CC=CCCC1CCC(OCC)CC1. The van der Waals surface area contributed by atoms with Crippen molar-refractivity contribution in [1.82, 2.24) is 0 Å². The summed E-state index contributed by atoms with van der Waals surface area (Å²) < 4.78 is 5.64. The van der Waals surface area contributed by atoms with Gasteiger partial charge in [-0.05, 0) is 58.3 Å². The molecule has 0 aromatic carbocycles. The largest absolute Gasteiger partial charge is 0.379 e. The predicted octanol–water partition coefficient (Wildman–Crippen LogP) is 3.94. The molecule has 0 bridgehead atoms. The van der Waals surface area contributed by atoms with E-state index in [9.17, 15) is 0 Å². The van der Waals surface area contributed by atoms with Crippen molar-refractivity contribution in [3.63, 3.8) is 0 Å². The van der Waals surface area contributed by atoms with E-state index in [4.69, 9.17) is 4.74 Å². The van der Waals surface area contributed by atoms with Gasteiger partial charge in [0.15, 0.2) is 0 Å². The summed E-state index contributed by atoms with van der Waals surface area (Å²) in [4.78, 5) is 0. The summed E-state index contributed by atoms with van der Waals surface area (Å²) >= 11 is 0. The zero-order valence-electron chi connectivity index (χ0n) is 9.67. The van der Waals surface area contributed by atoms with Crippen LogP contribution in [0.2, 0.25) is 0 Å². The Morgan fingerprint density at radius 1 is 1.21 bits per heavy atom. The first-order valence-electron chi connectivity index (χ1n) is 6.09. The van der Waals surface area contributed by atoms with Crippen molar-refractivity contribution in [2.24, 2.45) is 5.92 Å². The summed E-state index contributed by atoms with van der Waals surface area (Å²) in [6.07, 6.45) is 13.0. The Kier molecular flexibility index (Phi) is 5.93. The van der Waals surface area contributed by atoms with Crippen LogP contribution in [0.1, 0.15) is 52.4 Å². The van der Waals surface area contributed by atoms with Gasteiger partial charge >= 0.3 is 0 Å². The summed E-state index contributed by atoms with van der Waals surface area (Å²) in [5, 5.41) is 0. The van der Waals surface area contributed by atoms with Crippen molar-refractivity contribution in [2.75, 3.05) is 6.61 Å². The number of hydrogen-bond acceptors (Lipinski definition) is 1. The normalized spacial score (nSPS) is 28.4. The second-order valence-corrected chi connectivity index (χ2v) is 4.24. The third-order valence-electron chi connectivity index (χ3n) is 3.17. The number of allylic oxidation sites excluding steroid dienone is 2. The van der Waals surface area contributed by atoms with Crippen molar-refractivity contribution in [2.45, 2.75) is 58.5 Å². The second kappa shape index (κ2) is 7.05. The van der Waals surface area contributed by atoms with E-state index < -0.39 is 0 Å². The molecule has 1 aliphatic rings. The average Bonchev–Trinajstić information content (AvgIpc) is 2.21. The zero-order valence-corrected chi connectivity index (χ0v) is 9.67. The van der Waals surface area contributed by atoms with Crippen LogP contribution >= 0.6 is 0 Å². The molecular formula is C13H24O. The fourth-order valence-corrected chi connectivity index (χ4v) is 2.32. The average molecular weight is 196 g/mol. The Hall–Kier alpha value is -0.300. The van der Waals surface area contributed by atoms with E-state index in [2.05, 4.69) is 26.0 Å². The van der Waals surface area contributed by atoms with Crippen LogP contribution in [0.25, 0.3) is 0 Å². The first kappa shape index (κ1) is 11.8. The molecule has 0 atom stereocenters.